The van der Waals surface area contributed by atoms with Gasteiger partial charge in [0.25, 0.3) is 5.91 Å². The third-order valence-electron chi connectivity index (χ3n) is 3.98. The first kappa shape index (κ1) is 13.8. The molecule has 0 aromatic heterocycles. The summed E-state index contributed by atoms with van der Waals surface area (Å²) in [7, 11) is 0. The summed E-state index contributed by atoms with van der Waals surface area (Å²) in [6.45, 7) is 4.21. The number of allylic oxidation sites excluding steroid dienone is 1. The fraction of sp³-hybridized carbons (Fsp3) is 0.438. The normalized spacial score (nSPS) is 23.4. The highest BCUT2D eigenvalue weighted by atomic mass is 16.5. The number of nitrogens with zero attached hydrogens (tertiary/aromatic N) is 1. The van der Waals surface area contributed by atoms with Gasteiger partial charge in [-0.15, -0.1) is 6.58 Å². The minimum absolute atomic E-state index is 0.144. The van der Waals surface area contributed by atoms with Crippen molar-refractivity contribution in [3.63, 3.8) is 0 Å². The van der Waals surface area contributed by atoms with E-state index in [2.05, 4.69) is 18.7 Å². The number of carbonyl (C=O) groups is 1. The summed E-state index contributed by atoms with van der Waals surface area (Å²) >= 11 is 0. The average molecular weight is 259 g/mol. The minimum atomic E-state index is -0.468. The maximum absolute atomic E-state index is 12.3. The largest absolute Gasteiger partial charge is 0.286 e. The second-order valence-electron chi connectivity index (χ2n) is 5.29. The summed E-state index contributed by atoms with van der Waals surface area (Å²) in [6, 6.07) is 10.2. The van der Waals surface area contributed by atoms with Gasteiger partial charge in [0.15, 0.2) is 0 Å². The SMILES string of the molecule is C=CC[C@]1(CCc2ccccc2)CCCN(O)C1=O. The van der Waals surface area contributed by atoms with Crippen LogP contribution in [0.3, 0.4) is 0 Å². The van der Waals surface area contributed by atoms with Crippen molar-refractivity contribution in [3.8, 4) is 0 Å². The van der Waals surface area contributed by atoms with E-state index in [1.54, 1.807) is 6.08 Å². The van der Waals surface area contributed by atoms with Crippen molar-refractivity contribution in [3.05, 3.63) is 48.6 Å². The second-order valence-corrected chi connectivity index (χ2v) is 5.29. The van der Waals surface area contributed by atoms with E-state index in [1.807, 2.05) is 18.2 Å². The number of piperidine rings is 1. The smallest absolute Gasteiger partial charge is 0.252 e. The first-order valence-corrected chi connectivity index (χ1v) is 6.84. The third kappa shape index (κ3) is 3.04. The van der Waals surface area contributed by atoms with Crippen molar-refractivity contribution >= 4 is 5.91 Å². The molecule has 0 spiro atoms. The van der Waals surface area contributed by atoms with Gasteiger partial charge in [0, 0.05) is 6.54 Å². The number of hydroxylamine groups is 2. The first-order chi connectivity index (χ1) is 9.18. The van der Waals surface area contributed by atoms with Gasteiger partial charge in [0.2, 0.25) is 0 Å². The van der Waals surface area contributed by atoms with Crippen LogP contribution in [0, 0.1) is 5.41 Å². The molecule has 2 rings (SSSR count). The molecule has 1 aliphatic heterocycles. The number of rotatable bonds is 5. The van der Waals surface area contributed by atoms with Crippen LogP contribution in [0.25, 0.3) is 0 Å². The summed E-state index contributed by atoms with van der Waals surface area (Å²) in [6.07, 6.45) is 5.73. The van der Waals surface area contributed by atoms with E-state index in [-0.39, 0.29) is 5.91 Å². The highest BCUT2D eigenvalue weighted by Gasteiger charge is 2.42. The topological polar surface area (TPSA) is 40.5 Å². The van der Waals surface area contributed by atoms with Crippen molar-refractivity contribution in [2.75, 3.05) is 6.54 Å². The fourth-order valence-corrected chi connectivity index (χ4v) is 2.88. The molecule has 3 heteroatoms. The van der Waals surface area contributed by atoms with Gasteiger partial charge in [-0.05, 0) is 37.7 Å². The Morgan fingerprint density at radius 2 is 2.11 bits per heavy atom. The van der Waals surface area contributed by atoms with E-state index in [4.69, 9.17) is 0 Å². The van der Waals surface area contributed by atoms with Crippen LogP contribution < -0.4 is 0 Å². The molecule has 1 atom stereocenters. The zero-order valence-electron chi connectivity index (χ0n) is 11.2. The predicted molar refractivity (Wildman–Crippen MR) is 74.7 cm³/mol. The molecular weight excluding hydrogens is 238 g/mol. The lowest BCUT2D eigenvalue weighted by Gasteiger charge is -2.38. The monoisotopic (exact) mass is 259 g/mol. The number of benzene rings is 1. The summed E-state index contributed by atoms with van der Waals surface area (Å²) in [5.41, 5.74) is 0.763. The maximum atomic E-state index is 12.3. The van der Waals surface area contributed by atoms with Gasteiger partial charge in [-0.25, -0.2) is 5.06 Å². The molecular formula is C16H21NO2. The Morgan fingerprint density at radius 1 is 1.37 bits per heavy atom. The molecule has 1 aromatic rings. The van der Waals surface area contributed by atoms with Crippen molar-refractivity contribution in [2.45, 2.75) is 32.1 Å². The van der Waals surface area contributed by atoms with Crippen LogP contribution in [0.5, 0.6) is 0 Å². The van der Waals surface area contributed by atoms with Crippen LogP contribution in [0.2, 0.25) is 0 Å². The van der Waals surface area contributed by atoms with E-state index in [0.717, 1.165) is 30.7 Å². The zero-order valence-corrected chi connectivity index (χ0v) is 11.2. The third-order valence-corrected chi connectivity index (χ3v) is 3.98. The minimum Gasteiger partial charge on any atom is -0.286 e. The number of carbonyl (C=O) groups excluding carboxylic acids is 1. The Kier molecular flexibility index (Phi) is 4.38. The van der Waals surface area contributed by atoms with Crippen LogP contribution in [-0.4, -0.2) is 22.7 Å². The summed E-state index contributed by atoms with van der Waals surface area (Å²) in [5, 5.41) is 10.6. The lowest BCUT2D eigenvalue weighted by atomic mass is 9.73. The molecule has 1 fully saturated rings. The number of amides is 1. The van der Waals surface area contributed by atoms with E-state index >= 15 is 0 Å². The predicted octanol–water partition coefficient (Wildman–Crippen LogP) is 3.19. The fourth-order valence-electron chi connectivity index (χ4n) is 2.88. The molecule has 19 heavy (non-hydrogen) atoms. The van der Waals surface area contributed by atoms with Crippen LogP contribution in [0.15, 0.2) is 43.0 Å². The van der Waals surface area contributed by atoms with Crippen molar-refractivity contribution in [2.24, 2.45) is 5.41 Å². The highest BCUT2D eigenvalue weighted by molar-refractivity contribution is 5.82. The molecule has 1 heterocycles. The lowest BCUT2D eigenvalue weighted by molar-refractivity contribution is -0.185. The van der Waals surface area contributed by atoms with Gasteiger partial charge in [-0.1, -0.05) is 36.4 Å². The number of hydrogen-bond acceptors (Lipinski definition) is 2. The van der Waals surface area contributed by atoms with E-state index in [0.29, 0.717) is 13.0 Å². The Morgan fingerprint density at radius 3 is 2.79 bits per heavy atom. The summed E-state index contributed by atoms with van der Waals surface area (Å²) in [4.78, 5) is 12.3. The maximum Gasteiger partial charge on any atom is 0.252 e. The summed E-state index contributed by atoms with van der Waals surface area (Å²) < 4.78 is 0. The number of aryl methyl sites for hydroxylation is 1. The van der Waals surface area contributed by atoms with Crippen LogP contribution >= 0.6 is 0 Å². The van der Waals surface area contributed by atoms with Crippen molar-refractivity contribution in [1.82, 2.24) is 5.06 Å². The Hall–Kier alpha value is -1.61. The molecule has 3 nitrogen and oxygen atoms in total. The molecule has 0 saturated carbocycles. The van der Waals surface area contributed by atoms with Crippen LogP contribution in [0.1, 0.15) is 31.2 Å². The molecule has 1 saturated heterocycles. The molecule has 1 aromatic carbocycles. The summed E-state index contributed by atoms with van der Waals surface area (Å²) in [5.74, 6) is -0.144. The van der Waals surface area contributed by atoms with E-state index in [9.17, 15) is 10.0 Å². The molecule has 0 radical (unpaired) electrons. The highest BCUT2D eigenvalue weighted by Crippen LogP contribution is 2.38. The average Bonchev–Trinajstić information content (AvgIpc) is 2.44. The Labute approximate surface area is 114 Å². The van der Waals surface area contributed by atoms with Crippen LogP contribution in [0.4, 0.5) is 0 Å². The molecule has 1 N–H and O–H groups in total. The van der Waals surface area contributed by atoms with Gasteiger partial charge >= 0.3 is 0 Å². The first-order valence-electron chi connectivity index (χ1n) is 6.84. The zero-order chi connectivity index (χ0) is 13.7. The van der Waals surface area contributed by atoms with Crippen molar-refractivity contribution < 1.29 is 10.0 Å². The van der Waals surface area contributed by atoms with Gasteiger partial charge in [-0.2, -0.15) is 0 Å². The standard InChI is InChI=1S/C16H21NO2/c1-2-10-16(11-6-13-17(19)15(16)18)12-9-14-7-4-3-5-8-14/h2-5,7-8,19H,1,6,9-13H2/t16-/m1/s1. The molecule has 0 unspecified atom stereocenters. The molecule has 0 bridgehead atoms. The van der Waals surface area contributed by atoms with Gasteiger partial charge in [0.05, 0.1) is 5.41 Å². The second kappa shape index (κ2) is 6.02. The molecule has 102 valence electrons. The Bertz CT molecular complexity index is 443. The molecule has 1 aliphatic rings. The van der Waals surface area contributed by atoms with Crippen molar-refractivity contribution in [1.29, 1.82) is 0 Å². The van der Waals surface area contributed by atoms with Crippen LogP contribution in [-0.2, 0) is 11.2 Å². The van der Waals surface area contributed by atoms with E-state index < -0.39 is 5.41 Å². The quantitative estimate of drug-likeness (QED) is 0.651. The van der Waals surface area contributed by atoms with Gasteiger partial charge < -0.3 is 0 Å². The van der Waals surface area contributed by atoms with Gasteiger partial charge in [-0.3, -0.25) is 10.0 Å². The molecule has 0 aliphatic carbocycles. The van der Waals surface area contributed by atoms with Gasteiger partial charge in [0.1, 0.15) is 0 Å². The Balaban J connectivity index is 2.11. The lowest BCUT2D eigenvalue weighted by Crippen LogP contribution is -2.47. The number of hydrogen-bond donors (Lipinski definition) is 1. The van der Waals surface area contributed by atoms with E-state index in [1.165, 1.54) is 5.56 Å². The molecule has 1 amide bonds.